The molecule has 9 nitrogen and oxygen atoms in total. The van der Waals surface area contributed by atoms with Crippen LogP contribution >= 0.6 is 0 Å². The van der Waals surface area contributed by atoms with Gasteiger partial charge in [0.2, 0.25) is 5.91 Å². The molecule has 3 aromatic carbocycles. The van der Waals surface area contributed by atoms with Gasteiger partial charge in [-0.1, -0.05) is 12.1 Å². The molecule has 1 N–H and O–H groups in total. The van der Waals surface area contributed by atoms with Crippen LogP contribution in [0, 0.1) is 11.7 Å². The number of likely N-dealkylation sites (tertiary alicyclic amines) is 1. The van der Waals surface area contributed by atoms with Crippen LogP contribution in [0.4, 0.5) is 9.18 Å². The Balaban J connectivity index is 1.34. The predicted molar refractivity (Wildman–Crippen MR) is 161 cm³/mol. The molecule has 1 aliphatic heterocycles. The highest BCUT2D eigenvalue weighted by Crippen LogP contribution is 2.31. The molecule has 0 radical (unpaired) electrons. The average molecular weight is 589 g/mol. The molecule has 3 atom stereocenters. The summed E-state index contributed by atoms with van der Waals surface area (Å²) >= 11 is 0. The molecule has 2 unspecified atom stereocenters. The monoisotopic (exact) mass is 588 g/mol. The second-order valence-electron chi connectivity index (χ2n) is 11.8. The van der Waals surface area contributed by atoms with Crippen molar-refractivity contribution in [3.63, 3.8) is 0 Å². The van der Waals surface area contributed by atoms with E-state index in [9.17, 15) is 14.0 Å². The first-order valence-electron chi connectivity index (χ1n) is 14.3. The molecule has 0 bridgehead atoms. The van der Waals surface area contributed by atoms with Crippen LogP contribution in [0.1, 0.15) is 45.8 Å². The van der Waals surface area contributed by atoms with Gasteiger partial charge in [-0.15, -0.1) is 0 Å². The molecule has 2 heterocycles. The number of hydrogen-bond donors (Lipinski definition) is 1. The summed E-state index contributed by atoms with van der Waals surface area (Å²) in [6, 6.07) is 18.9. The van der Waals surface area contributed by atoms with Crippen molar-refractivity contribution in [1.29, 1.82) is 0 Å². The number of benzene rings is 3. The van der Waals surface area contributed by atoms with E-state index in [1.54, 1.807) is 35.0 Å². The Hall–Kier alpha value is -4.60. The van der Waals surface area contributed by atoms with Crippen LogP contribution in [0.5, 0.6) is 11.5 Å². The molecule has 1 fully saturated rings. The van der Waals surface area contributed by atoms with E-state index >= 15 is 0 Å². The lowest BCUT2D eigenvalue weighted by molar-refractivity contribution is -0.125. The fourth-order valence-corrected chi connectivity index (χ4v) is 5.18. The van der Waals surface area contributed by atoms with Crippen LogP contribution in [0.25, 0.3) is 16.6 Å². The number of rotatable bonds is 8. The minimum atomic E-state index is -0.601. The second kappa shape index (κ2) is 12.3. The molecule has 1 saturated heterocycles. The Morgan fingerprint density at radius 2 is 1.81 bits per heavy atom. The van der Waals surface area contributed by atoms with Gasteiger partial charge in [0.15, 0.2) is 0 Å². The van der Waals surface area contributed by atoms with Crippen molar-refractivity contribution in [1.82, 2.24) is 20.0 Å². The van der Waals surface area contributed by atoms with Gasteiger partial charge in [-0.2, -0.15) is 5.10 Å². The number of amides is 2. The smallest absolute Gasteiger partial charge is 0.410 e. The van der Waals surface area contributed by atoms with Crippen LogP contribution < -0.4 is 14.8 Å². The van der Waals surface area contributed by atoms with E-state index in [1.165, 1.54) is 12.1 Å². The molecule has 226 valence electrons. The normalized spacial score (nSPS) is 16.5. The topological polar surface area (TPSA) is 94.9 Å². The molecular weight excluding hydrogens is 551 g/mol. The summed E-state index contributed by atoms with van der Waals surface area (Å²) in [7, 11) is 1.60. The summed E-state index contributed by atoms with van der Waals surface area (Å²) in [6.45, 7) is 8.12. The number of methoxy groups -OCH3 is 1. The third-order valence-corrected chi connectivity index (χ3v) is 7.33. The van der Waals surface area contributed by atoms with Crippen LogP contribution in [0.2, 0.25) is 0 Å². The maximum atomic E-state index is 13.4. The Bertz CT molecular complexity index is 1600. The van der Waals surface area contributed by atoms with Crippen molar-refractivity contribution >= 4 is 22.9 Å². The number of carbonyl (C=O) groups excluding carboxylic acids is 2. The third-order valence-electron chi connectivity index (χ3n) is 7.33. The maximum Gasteiger partial charge on any atom is 0.410 e. The number of halogens is 1. The Morgan fingerprint density at radius 3 is 2.53 bits per heavy atom. The summed E-state index contributed by atoms with van der Waals surface area (Å²) in [5.74, 6) is 0.455. The molecule has 0 spiro atoms. The number of carbonyl (C=O) groups is 2. The number of nitrogens with one attached hydrogen (secondary N) is 1. The Morgan fingerprint density at radius 1 is 1.05 bits per heavy atom. The van der Waals surface area contributed by atoms with Gasteiger partial charge in [-0.3, -0.25) is 4.79 Å². The fraction of sp³-hybridized carbons (Fsp3) is 0.364. The van der Waals surface area contributed by atoms with Gasteiger partial charge < -0.3 is 24.4 Å². The molecule has 10 heteroatoms. The van der Waals surface area contributed by atoms with Crippen molar-refractivity contribution < 1.29 is 28.2 Å². The van der Waals surface area contributed by atoms with Crippen LogP contribution in [0.15, 0.2) is 72.9 Å². The molecule has 4 aromatic rings. The van der Waals surface area contributed by atoms with Gasteiger partial charge in [0, 0.05) is 18.5 Å². The van der Waals surface area contributed by atoms with E-state index in [4.69, 9.17) is 14.2 Å². The van der Waals surface area contributed by atoms with Gasteiger partial charge in [0.1, 0.15) is 29.0 Å². The van der Waals surface area contributed by atoms with Crippen molar-refractivity contribution in [3.05, 3.63) is 84.3 Å². The lowest BCUT2D eigenvalue weighted by atomic mass is 10.0. The summed E-state index contributed by atoms with van der Waals surface area (Å²) in [4.78, 5) is 27.4. The van der Waals surface area contributed by atoms with Crippen LogP contribution in [-0.2, 0) is 9.53 Å². The number of hydrogen-bond acceptors (Lipinski definition) is 6. The zero-order valence-electron chi connectivity index (χ0n) is 25.0. The first kappa shape index (κ1) is 29.9. The van der Waals surface area contributed by atoms with Crippen molar-refractivity contribution in [2.24, 2.45) is 5.92 Å². The standard InChI is InChI=1S/C33H37FN4O5/c1-21(36-31(39)23-15-16-37(20-23)32(40)43-33(2,3)4)30(22-7-6-8-27(17-22)41-5)42-28-13-14-29-24(18-28)19-35-38(29)26-11-9-25(34)10-12-26/h6-14,17-19,21,23,30H,15-16,20H2,1-5H3,(H,36,39)/t21?,23?,30-/m0/s1. The SMILES string of the molecule is COc1cccc([C@@H](Oc2ccc3c(cnn3-c3ccc(F)cc3)c2)C(C)NC(=O)C2CCN(C(=O)OC(C)(C)C)C2)c1. The predicted octanol–water partition coefficient (Wildman–Crippen LogP) is 6.06. The number of fused-ring (bicyclic) bond motifs is 1. The van der Waals surface area contributed by atoms with E-state index in [0.29, 0.717) is 31.0 Å². The van der Waals surface area contributed by atoms with Gasteiger partial charge in [0.05, 0.1) is 36.5 Å². The highest BCUT2D eigenvalue weighted by molar-refractivity contribution is 5.82. The highest BCUT2D eigenvalue weighted by atomic mass is 19.1. The number of aromatic nitrogens is 2. The van der Waals surface area contributed by atoms with Crippen molar-refractivity contribution in [2.75, 3.05) is 20.2 Å². The third kappa shape index (κ3) is 7.07. The number of ether oxygens (including phenoxy) is 3. The van der Waals surface area contributed by atoms with Crippen molar-refractivity contribution in [2.45, 2.75) is 51.9 Å². The minimum Gasteiger partial charge on any atom is -0.497 e. The van der Waals surface area contributed by atoms with Gasteiger partial charge in [0.25, 0.3) is 0 Å². The summed E-state index contributed by atoms with van der Waals surface area (Å²) < 4.78 is 32.6. The van der Waals surface area contributed by atoms with Crippen LogP contribution in [0.3, 0.4) is 0 Å². The molecule has 0 saturated carbocycles. The van der Waals surface area contributed by atoms with Crippen LogP contribution in [-0.4, -0.2) is 58.5 Å². The van der Waals surface area contributed by atoms with E-state index in [0.717, 1.165) is 22.2 Å². The molecule has 1 aromatic heterocycles. The lowest BCUT2D eigenvalue weighted by Gasteiger charge is -2.28. The molecule has 1 aliphatic rings. The fourth-order valence-electron chi connectivity index (χ4n) is 5.18. The molecule has 5 rings (SSSR count). The highest BCUT2D eigenvalue weighted by Gasteiger charge is 2.35. The molecule has 43 heavy (non-hydrogen) atoms. The summed E-state index contributed by atoms with van der Waals surface area (Å²) in [6.07, 6.45) is 1.32. The number of nitrogens with zero attached hydrogens (tertiary/aromatic N) is 3. The lowest BCUT2D eigenvalue weighted by Crippen LogP contribution is -2.43. The Kier molecular flexibility index (Phi) is 8.57. The molecular formula is C33H37FN4O5. The second-order valence-corrected chi connectivity index (χ2v) is 11.8. The summed E-state index contributed by atoms with van der Waals surface area (Å²) in [5, 5.41) is 8.45. The average Bonchev–Trinajstić information content (AvgIpc) is 3.63. The zero-order chi connectivity index (χ0) is 30.7. The first-order chi connectivity index (χ1) is 20.5. The largest absolute Gasteiger partial charge is 0.497 e. The van der Waals surface area contributed by atoms with Crippen molar-refractivity contribution in [3.8, 4) is 17.2 Å². The molecule has 0 aliphatic carbocycles. The minimum absolute atomic E-state index is 0.147. The van der Waals surface area contributed by atoms with Gasteiger partial charge >= 0.3 is 6.09 Å². The quantitative estimate of drug-likeness (QED) is 0.269. The maximum absolute atomic E-state index is 13.4. The van der Waals surface area contributed by atoms with E-state index < -0.39 is 23.8 Å². The van der Waals surface area contributed by atoms with E-state index in [-0.39, 0.29) is 17.6 Å². The van der Waals surface area contributed by atoms with E-state index in [2.05, 4.69) is 10.4 Å². The zero-order valence-corrected chi connectivity index (χ0v) is 25.0. The first-order valence-corrected chi connectivity index (χ1v) is 14.3. The molecule has 2 amide bonds. The summed E-state index contributed by atoms with van der Waals surface area (Å²) in [5.41, 5.74) is 1.81. The Labute approximate surface area is 250 Å². The van der Waals surface area contributed by atoms with Gasteiger partial charge in [-0.05, 0) is 94.3 Å². The van der Waals surface area contributed by atoms with Gasteiger partial charge in [-0.25, -0.2) is 13.9 Å². The van der Waals surface area contributed by atoms with E-state index in [1.807, 2.05) is 70.2 Å².